The number of aromatic nitrogens is 3. The summed E-state index contributed by atoms with van der Waals surface area (Å²) in [5.41, 5.74) is 3.51. The molecule has 4 aromatic rings. The smallest absolute Gasteiger partial charge is 0.158 e. The predicted molar refractivity (Wildman–Crippen MR) is 116 cm³/mol. The number of hydrogen-bond donors (Lipinski definition) is 2. The first-order valence-electron chi connectivity index (χ1n) is 9.60. The molecule has 2 aromatic heterocycles. The van der Waals surface area contributed by atoms with Crippen LogP contribution in [-0.2, 0) is 13.2 Å². The lowest BCUT2D eigenvalue weighted by Crippen LogP contribution is -2.12. The summed E-state index contributed by atoms with van der Waals surface area (Å²) in [5.74, 6) is 0.916. The van der Waals surface area contributed by atoms with Gasteiger partial charge in [-0.1, -0.05) is 30.7 Å². The van der Waals surface area contributed by atoms with Crippen molar-refractivity contribution < 1.29 is 9.13 Å². The van der Waals surface area contributed by atoms with Crippen LogP contribution in [0.25, 0.3) is 5.52 Å². The summed E-state index contributed by atoms with van der Waals surface area (Å²) in [7, 11) is 0. The number of halogens is 2. The van der Waals surface area contributed by atoms with Crippen molar-refractivity contribution in [1.82, 2.24) is 19.9 Å². The molecule has 30 heavy (non-hydrogen) atoms. The highest BCUT2D eigenvalue weighted by Gasteiger charge is 2.11. The molecule has 4 rings (SSSR count). The molecule has 154 valence electrons. The fourth-order valence-electron chi connectivity index (χ4n) is 3.13. The van der Waals surface area contributed by atoms with Crippen molar-refractivity contribution >= 4 is 28.6 Å². The Bertz CT molecular complexity index is 1160. The minimum Gasteiger partial charge on any atom is -0.487 e. The van der Waals surface area contributed by atoms with Crippen LogP contribution >= 0.6 is 11.6 Å². The molecule has 2 heterocycles. The first kappa shape index (κ1) is 20.1. The van der Waals surface area contributed by atoms with Gasteiger partial charge in [-0.3, -0.25) is 0 Å². The van der Waals surface area contributed by atoms with Crippen LogP contribution in [0, 0.1) is 5.82 Å². The van der Waals surface area contributed by atoms with E-state index in [1.165, 1.54) is 18.5 Å². The Balaban J connectivity index is 1.52. The molecule has 0 aliphatic heterocycles. The van der Waals surface area contributed by atoms with Gasteiger partial charge < -0.3 is 15.4 Å². The lowest BCUT2D eigenvalue weighted by Gasteiger charge is -2.12. The Morgan fingerprint density at radius 2 is 2.07 bits per heavy atom. The van der Waals surface area contributed by atoms with Gasteiger partial charge in [0.1, 0.15) is 30.0 Å². The molecule has 6 nitrogen and oxygen atoms in total. The van der Waals surface area contributed by atoms with Crippen molar-refractivity contribution in [1.29, 1.82) is 0 Å². The number of rotatable bonds is 8. The number of ether oxygens (including phenoxy) is 1. The van der Waals surface area contributed by atoms with Crippen LogP contribution in [0.5, 0.6) is 5.75 Å². The van der Waals surface area contributed by atoms with E-state index in [0.29, 0.717) is 16.6 Å². The maximum Gasteiger partial charge on any atom is 0.158 e. The second-order valence-electron chi connectivity index (χ2n) is 6.71. The molecule has 0 unspecified atom stereocenters. The molecule has 0 aliphatic rings. The van der Waals surface area contributed by atoms with Gasteiger partial charge in [0.2, 0.25) is 0 Å². The van der Waals surface area contributed by atoms with E-state index in [1.54, 1.807) is 28.8 Å². The Morgan fingerprint density at radius 3 is 2.87 bits per heavy atom. The van der Waals surface area contributed by atoms with E-state index in [9.17, 15) is 4.39 Å². The minimum atomic E-state index is -0.295. The topological polar surface area (TPSA) is 63.5 Å². The largest absolute Gasteiger partial charge is 0.487 e. The lowest BCUT2D eigenvalue weighted by molar-refractivity contribution is 0.306. The first-order chi connectivity index (χ1) is 14.6. The van der Waals surface area contributed by atoms with Crippen LogP contribution in [0.2, 0.25) is 5.02 Å². The normalized spacial score (nSPS) is 11.0. The molecule has 2 aromatic carbocycles. The molecule has 0 fully saturated rings. The number of nitrogens with zero attached hydrogens (tertiary/aromatic N) is 3. The average molecular weight is 426 g/mol. The summed E-state index contributed by atoms with van der Waals surface area (Å²) < 4.78 is 20.8. The van der Waals surface area contributed by atoms with Gasteiger partial charge in [-0.15, -0.1) is 0 Å². The zero-order valence-electron chi connectivity index (χ0n) is 16.4. The van der Waals surface area contributed by atoms with Gasteiger partial charge in [-0.2, -0.15) is 5.10 Å². The van der Waals surface area contributed by atoms with Gasteiger partial charge in [-0.25, -0.2) is 13.9 Å². The van der Waals surface area contributed by atoms with E-state index in [4.69, 9.17) is 16.3 Å². The highest BCUT2D eigenvalue weighted by atomic mass is 35.5. The quantitative estimate of drug-likeness (QED) is 0.418. The van der Waals surface area contributed by atoms with Crippen molar-refractivity contribution in [2.75, 3.05) is 11.9 Å². The van der Waals surface area contributed by atoms with Crippen LogP contribution in [0.1, 0.15) is 18.1 Å². The monoisotopic (exact) mass is 425 g/mol. The van der Waals surface area contributed by atoms with Crippen molar-refractivity contribution in [2.45, 2.75) is 20.1 Å². The van der Waals surface area contributed by atoms with E-state index >= 15 is 0 Å². The zero-order valence-corrected chi connectivity index (χ0v) is 17.2. The second kappa shape index (κ2) is 9.11. The van der Waals surface area contributed by atoms with Gasteiger partial charge in [0, 0.05) is 18.4 Å². The standard InChI is InChI=1S/C22H21ClFN5O/c1-2-25-12-16-8-9-29-21(16)22(26-14-27-29)28-18-6-7-20(19(23)11-18)30-13-15-4-3-5-17(24)10-15/h3-11,14,25H,2,12-13H2,1H3,(H,26,27,28). The summed E-state index contributed by atoms with van der Waals surface area (Å²) in [5, 5.41) is 11.4. The number of hydrogen-bond acceptors (Lipinski definition) is 5. The highest BCUT2D eigenvalue weighted by molar-refractivity contribution is 6.32. The summed E-state index contributed by atoms with van der Waals surface area (Å²) in [6, 6.07) is 13.7. The third-order valence-corrected chi connectivity index (χ3v) is 4.88. The van der Waals surface area contributed by atoms with Gasteiger partial charge in [0.15, 0.2) is 5.82 Å². The van der Waals surface area contributed by atoms with E-state index < -0.39 is 0 Å². The van der Waals surface area contributed by atoms with Gasteiger partial charge in [0.25, 0.3) is 0 Å². The summed E-state index contributed by atoms with van der Waals surface area (Å²) in [4.78, 5) is 4.40. The Morgan fingerprint density at radius 1 is 1.17 bits per heavy atom. The maximum atomic E-state index is 13.3. The van der Waals surface area contributed by atoms with Crippen molar-refractivity contribution in [3.8, 4) is 5.75 Å². The summed E-state index contributed by atoms with van der Waals surface area (Å²) >= 11 is 6.40. The lowest BCUT2D eigenvalue weighted by atomic mass is 10.2. The first-order valence-corrected chi connectivity index (χ1v) is 9.97. The number of fused-ring (bicyclic) bond motifs is 1. The van der Waals surface area contributed by atoms with Crippen LogP contribution < -0.4 is 15.4 Å². The number of nitrogens with one attached hydrogen (secondary N) is 2. The zero-order chi connectivity index (χ0) is 20.9. The van der Waals surface area contributed by atoms with E-state index in [0.717, 1.165) is 35.4 Å². The molecule has 0 radical (unpaired) electrons. The molecule has 0 bridgehead atoms. The Hall–Kier alpha value is -3.16. The maximum absolute atomic E-state index is 13.3. The molecule has 0 saturated heterocycles. The third kappa shape index (κ3) is 4.53. The molecule has 0 spiro atoms. The average Bonchev–Trinajstić information content (AvgIpc) is 3.16. The molecule has 0 saturated carbocycles. The predicted octanol–water partition coefficient (Wildman–Crippen LogP) is 4.95. The van der Waals surface area contributed by atoms with Crippen molar-refractivity contribution in [2.24, 2.45) is 0 Å². The molecule has 8 heteroatoms. The molecule has 0 aliphatic carbocycles. The second-order valence-corrected chi connectivity index (χ2v) is 7.12. The summed E-state index contributed by atoms with van der Waals surface area (Å²) in [6.07, 6.45) is 3.41. The van der Waals surface area contributed by atoms with E-state index in [2.05, 4.69) is 27.6 Å². The van der Waals surface area contributed by atoms with Crippen molar-refractivity contribution in [3.05, 3.63) is 83.0 Å². The minimum absolute atomic E-state index is 0.231. The van der Waals surface area contributed by atoms with Gasteiger partial charge in [-0.05, 0) is 54.1 Å². The third-order valence-electron chi connectivity index (χ3n) is 4.58. The molecule has 0 atom stereocenters. The van der Waals surface area contributed by atoms with Crippen LogP contribution in [0.3, 0.4) is 0 Å². The molecular weight excluding hydrogens is 405 g/mol. The molecular formula is C22H21ClFN5O. The fourth-order valence-corrected chi connectivity index (χ4v) is 3.37. The molecule has 2 N–H and O–H groups in total. The Kier molecular flexibility index (Phi) is 6.11. The van der Waals surface area contributed by atoms with Crippen LogP contribution in [0.4, 0.5) is 15.9 Å². The number of anilines is 2. The van der Waals surface area contributed by atoms with E-state index in [1.807, 2.05) is 18.3 Å². The van der Waals surface area contributed by atoms with E-state index in [-0.39, 0.29) is 12.4 Å². The van der Waals surface area contributed by atoms with Crippen LogP contribution in [-0.4, -0.2) is 21.1 Å². The van der Waals surface area contributed by atoms with Gasteiger partial charge >= 0.3 is 0 Å². The Labute approximate surface area is 178 Å². The summed E-state index contributed by atoms with van der Waals surface area (Å²) in [6.45, 7) is 3.89. The van der Waals surface area contributed by atoms with Crippen molar-refractivity contribution in [3.63, 3.8) is 0 Å². The highest BCUT2D eigenvalue weighted by Crippen LogP contribution is 2.31. The fraction of sp³-hybridized carbons (Fsp3) is 0.182. The molecule has 0 amide bonds. The van der Waals surface area contributed by atoms with Crippen LogP contribution in [0.15, 0.2) is 61.1 Å². The SMILES string of the molecule is CCNCc1ccn2ncnc(Nc3ccc(OCc4cccc(F)c4)c(Cl)c3)c12. The number of benzene rings is 2. The van der Waals surface area contributed by atoms with Gasteiger partial charge in [0.05, 0.1) is 5.02 Å².